The molecule has 1 N–H and O–H groups in total. The molecule has 1 aromatic rings. The lowest BCUT2D eigenvalue weighted by Gasteiger charge is -2.10. The fourth-order valence-corrected chi connectivity index (χ4v) is 1.46. The van der Waals surface area contributed by atoms with Gasteiger partial charge in [-0.25, -0.2) is 0 Å². The highest BCUT2D eigenvalue weighted by atomic mass is 19.4. The summed E-state index contributed by atoms with van der Waals surface area (Å²) in [6, 6.07) is 8.40. The largest absolute Gasteiger partial charge is 0.493 e. The smallest absolute Gasteiger partial charge is 0.411 e. The molecule has 0 fully saturated rings. The molecule has 1 rings (SSSR count). The van der Waals surface area contributed by atoms with Crippen LogP contribution in [0.3, 0.4) is 0 Å². The van der Waals surface area contributed by atoms with Crippen molar-refractivity contribution in [1.82, 2.24) is 0 Å². The summed E-state index contributed by atoms with van der Waals surface area (Å²) in [5.74, 6) is -0.196. The molecule has 120 valence electrons. The molecule has 8 heteroatoms. The number of amides is 1. The Morgan fingerprint density at radius 1 is 1.36 bits per heavy atom. The number of anilines is 1. The molecule has 0 spiro atoms. The highest BCUT2D eigenvalue weighted by Crippen LogP contribution is 2.18. The van der Waals surface area contributed by atoms with Gasteiger partial charge in [0.1, 0.15) is 19.0 Å². The Kier molecular flexibility index (Phi) is 7.19. The van der Waals surface area contributed by atoms with Gasteiger partial charge in [0.15, 0.2) is 0 Å². The second kappa shape index (κ2) is 8.89. The molecule has 0 atom stereocenters. The van der Waals surface area contributed by atoms with Crippen LogP contribution in [0.5, 0.6) is 5.75 Å². The van der Waals surface area contributed by atoms with E-state index in [1.54, 1.807) is 18.2 Å². The standard InChI is InChI=1S/C14H15F3N2O3/c15-14(16,17)10-21-9-13(20)19-11-4-3-5-12(8-11)22-7-2-1-6-18/h3-5,8H,1-2,7,9-10H2,(H,19,20). The third kappa shape index (κ3) is 8.11. The molecule has 5 nitrogen and oxygen atoms in total. The van der Waals surface area contributed by atoms with E-state index in [2.05, 4.69) is 10.1 Å². The predicted molar refractivity (Wildman–Crippen MR) is 72.3 cm³/mol. The number of benzene rings is 1. The van der Waals surface area contributed by atoms with E-state index in [4.69, 9.17) is 10.00 Å². The summed E-state index contributed by atoms with van der Waals surface area (Å²) in [6.45, 7) is -1.80. The molecule has 0 unspecified atom stereocenters. The third-order valence-electron chi connectivity index (χ3n) is 2.32. The molecule has 22 heavy (non-hydrogen) atoms. The number of ether oxygens (including phenoxy) is 2. The highest BCUT2D eigenvalue weighted by molar-refractivity contribution is 5.91. The van der Waals surface area contributed by atoms with Gasteiger partial charge in [0.2, 0.25) is 5.91 Å². The zero-order valence-corrected chi connectivity index (χ0v) is 11.7. The maximum Gasteiger partial charge on any atom is 0.411 e. The van der Waals surface area contributed by atoms with E-state index in [0.29, 0.717) is 30.9 Å². The van der Waals surface area contributed by atoms with Crippen molar-refractivity contribution in [2.75, 3.05) is 25.1 Å². The quantitative estimate of drug-likeness (QED) is 0.749. The second-order valence-electron chi connectivity index (χ2n) is 4.29. The van der Waals surface area contributed by atoms with Crippen LogP contribution in [0.1, 0.15) is 12.8 Å². The molecule has 0 saturated carbocycles. The van der Waals surface area contributed by atoms with Gasteiger partial charge in [0.25, 0.3) is 0 Å². The Labute approximate surface area is 125 Å². The number of hydrogen-bond acceptors (Lipinski definition) is 4. The minimum atomic E-state index is -4.46. The van der Waals surface area contributed by atoms with E-state index in [-0.39, 0.29) is 0 Å². The van der Waals surface area contributed by atoms with Gasteiger partial charge in [-0.15, -0.1) is 0 Å². The Morgan fingerprint density at radius 3 is 2.82 bits per heavy atom. The van der Waals surface area contributed by atoms with Crippen molar-refractivity contribution in [3.05, 3.63) is 24.3 Å². The van der Waals surface area contributed by atoms with Crippen molar-refractivity contribution in [2.24, 2.45) is 0 Å². The Hall–Kier alpha value is -2.27. The average molecular weight is 316 g/mol. The summed E-state index contributed by atoms with van der Waals surface area (Å²) in [6.07, 6.45) is -3.50. The Bertz CT molecular complexity index is 527. The summed E-state index contributed by atoms with van der Waals surface area (Å²) >= 11 is 0. The van der Waals surface area contributed by atoms with Crippen LogP contribution >= 0.6 is 0 Å². The number of rotatable bonds is 8. The number of nitrogens with one attached hydrogen (secondary N) is 1. The van der Waals surface area contributed by atoms with Crippen molar-refractivity contribution in [2.45, 2.75) is 19.0 Å². The fourth-order valence-electron chi connectivity index (χ4n) is 1.46. The second-order valence-corrected chi connectivity index (χ2v) is 4.29. The van der Waals surface area contributed by atoms with Crippen LogP contribution in [-0.2, 0) is 9.53 Å². The lowest BCUT2D eigenvalue weighted by Crippen LogP contribution is -2.23. The van der Waals surface area contributed by atoms with Gasteiger partial charge in [-0.05, 0) is 18.6 Å². The Morgan fingerprint density at radius 2 is 2.14 bits per heavy atom. The minimum Gasteiger partial charge on any atom is -0.493 e. The molecule has 0 aliphatic heterocycles. The van der Waals surface area contributed by atoms with Crippen molar-refractivity contribution in [3.63, 3.8) is 0 Å². The summed E-state index contributed by atoms with van der Waals surface area (Å²) in [7, 11) is 0. The van der Waals surface area contributed by atoms with Crippen molar-refractivity contribution < 1.29 is 27.4 Å². The zero-order chi connectivity index (χ0) is 16.4. The minimum absolute atomic E-state index is 0.361. The first-order valence-corrected chi connectivity index (χ1v) is 6.45. The maximum atomic E-state index is 11.9. The molecule has 1 aromatic carbocycles. The average Bonchev–Trinajstić information content (AvgIpc) is 2.42. The summed E-state index contributed by atoms with van der Waals surface area (Å²) in [5, 5.41) is 10.8. The third-order valence-corrected chi connectivity index (χ3v) is 2.32. The lowest BCUT2D eigenvalue weighted by molar-refractivity contribution is -0.174. The topological polar surface area (TPSA) is 71.3 Å². The monoisotopic (exact) mass is 316 g/mol. The van der Waals surface area contributed by atoms with Gasteiger partial charge >= 0.3 is 6.18 Å². The number of halogens is 3. The Balaban J connectivity index is 2.39. The number of carbonyl (C=O) groups excluding carboxylic acids is 1. The maximum absolute atomic E-state index is 11.9. The molecule has 0 aliphatic carbocycles. The summed E-state index contributed by atoms with van der Waals surface area (Å²) < 4.78 is 45.2. The van der Waals surface area contributed by atoms with Crippen molar-refractivity contribution in [1.29, 1.82) is 5.26 Å². The van der Waals surface area contributed by atoms with E-state index < -0.39 is 25.3 Å². The molecule has 0 bridgehead atoms. The van der Waals surface area contributed by atoms with Crippen LogP contribution in [-0.4, -0.2) is 31.9 Å². The molecule has 0 radical (unpaired) electrons. The first-order valence-electron chi connectivity index (χ1n) is 6.45. The first kappa shape index (κ1) is 17.8. The molecular formula is C14H15F3N2O3. The van der Waals surface area contributed by atoms with E-state index in [1.165, 1.54) is 6.07 Å². The zero-order valence-electron chi connectivity index (χ0n) is 11.7. The van der Waals surface area contributed by atoms with Crippen LogP contribution in [0.4, 0.5) is 18.9 Å². The van der Waals surface area contributed by atoms with Crippen LogP contribution < -0.4 is 10.1 Å². The number of nitrogens with zero attached hydrogens (tertiary/aromatic N) is 1. The van der Waals surface area contributed by atoms with Gasteiger partial charge in [0.05, 0.1) is 12.7 Å². The van der Waals surface area contributed by atoms with E-state index in [1.807, 2.05) is 6.07 Å². The van der Waals surface area contributed by atoms with Gasteiger partial charge in [-0.2, -0.15) is 18.4 Å². The van der Waals surface area contributed by atoms with Crippen molar-refractivity contribution >= 4 is 11.6 Å². The normalized spacial score (nSPS) is 10.8. The van der Waals surface area contributed by atoms with Gasteiger partial charge in [-0.3, -0.25) is 4.79 Å². The first-order chi connectivity index (χ1) is 10.4. The van der Waals surface area contributed by atoms with Crippen LogP contribution in [0.2, 0.25) is 0 Å². The van der Waals surface area contributed by atoms with Gasteiger partial charge in [0, 0.05) is 18.2 Å². The molecule has 0 aromatic heterocycles. The SMILES string of the molecule is N#CCCCOc1cccc(NC(=O)COCC(F)(F)F)c1. The van der Waals surface area contributed by atoms with Gasteiger partial charge < -0.3 is 14.8 Å². The number of unbranched alkanes of at least 4 members (excludes halogenated alkanes) is 1. The molecular weight excluding hydrogens is 301 g/mol. The van der Waals surface area contributed by atoms with Crippen molar-refractivity contribution in [3.8, 4) is 11.8 Å². The van der Waals surface area contributed by atoms with Crippen LogP contribution in [0.25, 0.3) is 0 Å². The molecule has 1 amide bonds. The number of carbonyl (C=O) groups is 1. The van der Waals surface area contributed by atoms with Crippen LogP contribution in [0, 0.1) is 11.3 Å². The number of alkyl halides is 3. The molecule has 0 heterocycles. The predicted octanol–water partition coefficient (Wildman–Crippen LogP) is 2.89. The van der Waals surface area contributed by atoms with E-state index >= 15 is 0 Å². The molecule has 0 aliphatic rings. The van der Waals surface area contributed by atoms with E-state index in [9.17, 15) is 18.0 Å². The fraction of sp³-hybridized carbons (Fsp3) is 0.429. The van der Waals surface area contributed by atoms with Gasteiger partial charge in [-0.1, -0.05) is 6.07 Å². The number of nitriles is 1. The lowest BCUT2D eigenvalue weighted by atomic mass is 10.3. The van der Waals surface area contributed by atoms with E-state index in [0.717, 1.165) is 0 Å². The van der Waals surface area contributed by atoms with Crippen LogP contribution in [0.15, 0.2) is 24.3 Å². The molecule has 0 saturated heterocycles. The summed E-state index contributed by atoms with van der Waals surface area (Å²) in [5.41, 5.74) is 0.387. The highest BCUT2D eigenvalue weighted by Gasteiger charge is 2.27. The number of hydrogen-bond donors (Lipinski definition) is 1. The summed E-state index contributed by atoms with van der Waals surface area (Å²) in [4.78, 5) is 11.4.